The zero-order valence-corrected chi connectivity index (χ0v) is 24.9. The number of esters is 2. The molecule has 1 heterocycles. The number of amides is 1. The summed E-state index contributed by atoms with van der Waals surface area (Å²) in [6, 6.07) is 12.2. The largest absolute Gasteiger partial charge is 0.504 e. The molecule has 1 N–H and O–H groups in total. The number of methoxy groups -OCH3 is 5. The normalized spacial score (nSPS) is 10.2. The van der Waals surface area contributed by atoms with Crippen LogP contribution >= 0.6 is 0 Å². The molecule has 1 amide bonds. The van der Waals surface area contributed by atoms with Crippen molar-refractivity contribution in [2.75, 3.05) is 40.9 Å². The van der Waals surface area contributed by atoms with Crippen molar-refractivity contribution in [3.8, 4) is 11.5 Å². The van der Waals surface area contributed by atoms with Crippen LogP contribution in [0.1, 0.15) is 41.5 Å². The summed E-state index contributed by atoms with van der Waals surface area (Å²) in [6.07, 6.45) is 3.96. The number of pyridine rings is 1. The van der Waals surface area contributed by atoms with Gasteiger partial charge in [0.1, 0.15) is 17.1 Å². The Morgan fingerprint density at radius 1 is 0.881 bits per heavy atom. The number of carbonyl (C=O) groups excluding carboxylic acids is 4. The molecule has 42 heavy (non-hydrogen) atoms. The van der Waals surface area contributed by atoms with Gasteiger partial charge in [-0.15, -0.1) is 0 Å². The van der Waals surface area contributed by atoms with E-state index in [-0.39, 0.29) is 5.56 Å². The second-order valence-corrected chi connectivity index (χ2v) is 8.97. The Kier molecular flexibility index (Phi) is 14.6. The molecule has 0 aliphatic rings. The van der Waals surface area contributed by atoms with Crippen molar-refractivity contribution in [2.24, 2.45) is 0 Å². The third-order valence-corrected chi connectivity index (χ3v) is 4.91. The summed E-state index contributed by atoms with van der Waals surface area (Å²) < 4.78 is 28.7. The number of nitrogens with zero attached hydrogens (tertiary/aromatic N) is 1. The number of aldehydes is 1. The number of hydrogen-bond donors (Lipinski definition) is 1. The minimum absolute atomic E-state index is 0.283. The highest BCUT2D eigenvalue weighted by Crippen LogP contribution is 2.26. The Hall–Kier alpha value is -5.13. The number of ether oxygens (including phenoxy) is 6. The zero-order valence-electron chi connectivity index (χ0n) is 24.9. The summed E-state index contributed by atoms with van der Waals surface area (Å²) in [7, 11) is 7.15. The maximum atomic E-state index is 11.6. The van der Waals surface area contributed by atoms with E-state index in [4.69, 9.17) is 14.2 Å². The predicted octanol–water partition coefficient (Wildman–Crippen LogP) is 5.20. The van der Waals surface area contributed by atoms with Gasteiger partial charge in [-0.1, -0.05) is 12.1 Å². The van der Waals surface area contributed by atoms with Gasteiger partial charge < -0.3 is 28.4 Å². The van der Waals surface area contributed by atoms with Crippen LogP contribution in [0.3, 0.4) is 0 Å². The molecular weight excluding hydrogens is 548 g/mol. The fraction of sp³-hybridized carbons (Fsp3) is 0.300. The van der Waals surface area contributed by atoms with Crippen molar-refractivity contribution < 1.29 is 47.6 Å². The highest BCUT2D eigenvalue weighted by atomic mass is 16.6. The molecule has 0 fully saturated rings. The SMILES string of the molecule is CO/C=C/C(=O)OC.COC(=O)c1cnc2cccc(OC)c2c1.COc1cccc(NC(=O)OC(C)(C)C)c1C=O. The Labute approximate surface area is 244 Å². The summed E-state index contributed by atoms with van der Waals surface area (Å²) in [4.78, 5) is 48.3. The number of benzene rings is 2. The lowest BCUT2D eigenvalue weighted by Gasteiger charge is -2.20. The van der Waals surface area contributed by atoms with Gasteiger partial charge in [-0.2, -0.15) is 0 Å². The average Bonchev–Trinajstić information content (AvgIpc) is 2.98. The topological polar surface area (TPSA) is 149 Å². The molecular formula is C30H36N2O10. The van der Waals surface area contributed by atoms with E-state index in [2.05, 4.69) is 24.5 Å². The Bertz CT molecular complexity index is 1380. The lowest BCUT2D eigenvalue weighted by Crippen LogP contribution is -2.27. The van der Waals surface area contributed by atoms with E-state index in [9.17, 15) is 19.2 Å². The molecule has 2 aromatic carbocycles. The Balaban J connectivity index is 0.000000338. The van der Waals surface area contributed by atoms with Gasteiger partial charge in [0.2, 0.25) is 0 Å². The molecule has 3 aromatic rings. The smallest absolute Gasteiger partial charge is 0.412 e. The van der Waals surface area contributed by atoms with Crippen molar-refractivity contribution >= 4 is 40.9 Å². The van der Waals surface area contributed by atoms with E-state index in [0.29, 0.717) is 29.0 Å². The van der Waals surface area contributed by atoms with Crippen molar-refractivity contribution in [2.45, 2.75) is 26.4 Å². The summed E-state index contributed by atoms with van der Waals surface area (Å²) in [5.74, 6) is 0.279. The van der Waals surface area contributed by atoms with Crippen LogP contribution in [-0.2, 0) is 23.7 Å². The highest BCUT2D eigenvalue weighted by Gasteiger charge is 2.18. The van der Waals surface area contributed by atoms with Crippen LogP contribution in [0.4, 0.5) is 10.5 Å². The van der Waals surface area contributed by atoms with Crippen LogP contribution in [0.15, 0.2) is 61.0 Å². The van der Waals surface area contributed by atoms with Crippen molar-refractivity contribution in [3.05, 3.63) is 72.1 Å². The minimum atomic E-state index is -0.612. The molecule has 0 saturated heterocycles. The molecule has 0 aliphatic heterocycles. The average molecular weight is 585 g/mol. The second-order valence-electron chi connectivity index (χ2n) is 8.97. The van der Waals surface area contributed by atoms with Gasteiger partial charge in [0.05, 0.1) is 70.2 Å². The zero-order chi connectivity index (χ0) is 31.7. The first-order valence-corrected chi connectivity index (χ1v) is 12.3. The third-order valence-electron chi connectivity index (χ3n) is 4.91. The van der Waals surface area contributed by atoms with E-state index < -0.39 is 23.6 Å². The van der Waals surface area contributed by atoms with Crippen molar-refractivity contribution in [1.29, 1.82) is 0 Å². The molecule has 0 saturated carbocycles. The predicted molar refractivity (Wildman–Crippen MR) is 156 cm³/mol. The summed E-state index contributed by atoms with van der Waals surface area (Å²) in [5.41, 5.74) is 1.25. The van der Waals surface area contributed by atoms with Gasteiger partial charge in [-0.3, -0.25) is 15.1 Å². The molecule has 3 rings (SSSR count). The Morgan fingerprint density at radius 2 is 1.52 bits per heavy atom. The van der Waals surface area contributed by atoms with Crippen LogP contribution in [0, 0.1) is 0 Å². The molecule has 12 heteroatoms. The summed E-state index contributed by atoms with van der Waals surface area (Å²) in [5, 5.41) is 3.32. The van der Waals surface area contributed by atoms with Crippen LogP contribution in [0.25, 0.3) is 10.9 Å². The molecule has 0 radical (unpaired) electrons. The van der Waals surface area contributed by atoms with E-state index in [0.717, 1.165) is 10.9 Å². The van der Waals surface area contributed by atoms with Crippen molar-refractivity contribution in [1.82, 2.24) is 4.98 Å². The fourth-order valence-electron chi connectivity index (χ4n) is 3.09. The van der Waals surface area contributed by atoms with Crippen molar-refractivity contribution in [3.63, 3.8) is 0 Å². The first-order valence-electron chi connectivity index (χ1n) is 12.3. The van der Waals surface area contributed by atoms with Crippen LogP contribution < -0.4 is 14.8 Å². The number of hydrogen-bond acceptors (Lipinski definition) is 11. The third kappa shape index (κ3) is 11.5. The van der Waals surface area contributed by atoms with Gasteiger partial charge in [-0.05, 0) is 51.1 Å². The number of rotatable bonds is 7. The van der Waals surface area contributed by atoms with Crippen LogP contribution in [-0.4, -0.2) is 70.5 Å². The first-order chi connectivity index (χ1) is 19.9. The molecule has 12 nitrogen and oxygen atoms in total. The number of anilines is 1. The van der Waals surface area contributed by atoms with E-state index in [1.807, 2.05) is 18.2 Å². The fourth-order valence-corrected chi connectivity index (χ4v) is 3.09. The van der Waals surface area contributed by atoms with E-state index in [1.54, 1.807) is 52.1 Å². The maximum Gasteiger partial charge on any atom is 0.412 e. The highest BCUT2D eigenvalue weighted by molar-refractivity contribution is 5.96. The molecule has 0 unspecified atom stereocenters. The van der Waals surface area contributed by atoms with Crippen LogP contribution in [0.5, 0.6) is 11.5 Å². The molecule has 226 valence electrons. The van der Waals surface area contributed by atoms with E-state index in [1.165, 1.54) is 47.0 Å². The lowest BCUT2D eigenvalue weighted by molar-refractivity contribution is -0.134. The molecule has 0 atom stereocenters. The Morgan fingerprint density at radius 3 is 2.07 bits per heavy atom. The number of nitrogens with one attached hydrogen (secondary N) is 1. The second kappa shape index (κ2) is 17.5. The van der Waals surface area contributed by atoms with E-state index >= 15 is 0 Å². The van der Waals surface area contributed by atoms with Gasteiger partial charge >= 0.3 is 18.0 Å². The summed E-state index contributed by atoms with van der Waals surface area (Å²) >= 11 is 0. The summed E-state index contributed by atoms with van der Waals surface area (Å²) in [6.45, 7) is 5.29. The number of fused-ring (bicyclic) bond motifs is 1. The van der Waals surface area contributed by atoms with Gasteiger partial charge in [-0.25, -0.2) is 14.4 Å². The van der Waals surface area contributed by atoms with Gasteiger partial charge in [0.25, 0.3) is 0 Å². The van der Waals surface area contributed by atoms with Gasteiger partial charge in [0, 0.05) is 11.6 Å². The van der Waals surface area contributed by atoms with Crippen LogP contribution in [0.2, 0.25) is 0 Å². The quantitative estimate of drug-likeness (QED) is 0.128. The number of carbonyl (C=O) groups is 4. The van der Waals surface area contributed by atoms with Gasteiger partial charge in [0.15, 0.2) is 6.29 Å². The first kappa shape index (κ1) is 34.9. The molecule has 0 spiro atoms. The lowest BCUT2D eigenvalue weighted by atomic mass is 10.1. The molecule has 0 bridgehead atoms. The monoisotopic (exact) mass is 584 g/mol. The standard InChI is InChI=1S/C13H17NO4.C12H11NO3.C5H8O3/c1-13(2,3)18-12(16)14-10-6-5-7-11(17-4)9(10)8-15;1-15-11-5-3-4-10-9(11)6-8(7-13-10)12(14)16-2;1-7-4-3-5(6)8-2/h5-8H,1-4H3,(H,14,16);3-7H,1-2H3;3-4H,1-2H3/b;;4-3+. The molecule has 1 aromatic heterocycles. The molecule has 0 aliphatic carbocycles. The number of aromatic nitrogens is 1. The maximum absolute atomic E-state index is 11.6. The minimum Gasteiger partial charge on any atom is -0.504 e.